The Labute approximate surface area is 144 Å². The Kier molecular flexibility index (Phi) is 6.21. The van der Waals surface area contributed by atoms with E-state index in [1.54, 1.807) is 18.3 Å². The normalized spacial score (nSPS) is 15.0. The number of carbonyl (C=O) groups excluding carboxylic acids is 1. The first-order valence-corrected chi connectivity index (χ1v) is 9.83. The van der Waals surface area contributed by atoms with Gasteiger partial charge in [0.2, 0.25) is 13.3 Å². The van der Waals surface area contributed by atoms with Crippen LogP contribution in [0.3, 0.4) is 0 Å². The van der Waals surface area contributed by atoms with Gasteiger partial charge in [-0.2, -0.15) is 0 Å². The van der Waals surface area contributed by atoms with E-state index in [0.29, 0.717) is 16.9 Å². The predicted octanol–water partition coefficient (Wildman–Crippen LogP) is 0.790. The quantitative estimate of drug-likeness (QED) is 0.174. The second kappa shape index (κ2) is 7.99. The third-order valence-corrected chi connectivity index (χ3v) is 5.09. The molecule has 0 aliphatic carbocycles. The monoisotopic (exact) mass is 371 g/mol. The molecule has 0 saturated heterocycles. The van der Waals surface area contributed by atoms with Gasteiger partial charge in [-0.05, 0) is 24.1 Å². The van der Waals surface area contributed by atoms with Crippen LogP contribution in [0.15, 0.2) is 24.4 Å². The van der Waals surface area contributed by atoms with Gasteiger partial charge in [0.25, 0.3) is 0 Å². The smallest absolute Gasteiger partial charge is 0.247 e. The number of aliphatic hydroxyl groups is 1. The zero-order valence-corrected chi connectivity index (χ0v) is 14.6. The fourth-order valence-electron chi connectivity index (χ4n) is 2.36. The number of hydrogen-bond acceptors (Lipinski definition) is 6. The number of carbonyl (C=O) groups is 1. The number of aromatic amines is 1. The number of hydroxylamine groups is 2. The van der Waals surface area contributed by atoms with Gasteiger partial charge >= 0.3 is 0 Å². The van der Waals surface area contributed by atoms with Crippen LogP contribution in [-0.2, 0) is 15.8 Å². The van der Waals surface area contributed by atoms with Crippen LogP contribution in [0.25, 0.3) is 10.9 Å². The van der Waals surface area contributed by atoms with Gasteiger partial charge in [0.05, 0.1) is 6.67 Å². The molecule has 2 unspecified atom stereocenters. The fraction of sp³-hybridized carbons (Fsp3) is 0.400. The van der Waals surface area contributed by atoms with Gasteiger partial charge < -0.3 is 20.1 Å². The molecule has 0 aliphatic heterocycles. The van der Waals surface area contributed by atoms with E-state index >= 15 is 0 Å². The summed E-state index contributed by atoms with van der Waals surface area (Å²) < 4.78 is 11.2. The molecule has 9 nitrogen and oxygen atoms in total. The predicted molar refractivity (Wildman–Crippen MR) is 91.5 cm³/mol. The number of phenols is 1. The lowest BCUT2D eigenvalue weighted by Crippen LogP contribution is -2.39. The van der Waals surface area contributed by atoms with Gasteiger partial charge in [0.1, 0.15) is 11.6 Å². The average Bonchev–Trinajstić information content (AvgIpc) is 2.96. The number of phenolic OH excluding ortho intramolecular Hbond substituents is 1. The number of hydrogen-bond donors (Lipinski definition) is 6. The SMILES string of the molecule is CP(=O)(O)C(O)CNCN(O)C(=O)CCc1c[nH]c2cccc(O)c12. The standard InChI is InChI=1S/C15H22N3O6P/c1-25(23,24)14(21)8-16-9-18(22)13(20)6-5-10-7-17-11-3-2-4-12(19)15(10)11/h2-4,7,14,16-17,19,21-22H,5-6,8-9H2,1H3,(H,23,24). The number of aromatic nitrogens is 1. The summed E-state index contributed by atoms with van der Waals surface area (Å²) >= 11 is 0. The number of amides is 1. The van der Waals surface area contributed by atoms with Gasteiger partial charge in [-0.1, -0.05) is 6.07 Å². The molecule has 1 aromatic carbocycles. The van der Waals surface area contributed by atoms with E-state index in [0.717, 1.165) is 17.7 Å². The van der Waals surface area contributed by atoms with E-state index in [-0.39, 0.29) is 25.4 Å². The highest BCUT2D eigenvalue weighted by atomic mass is 31.2. The topological polar surface area (TPSA) is 146 Å². The van der Waals surface area contributed by atoms with Crippen LogP contribution < -0.4 is 5.32 Å². The van der Waals surface area contributed by atoms with E-state index in [1.165, 1.54) is 0 Å². The number of fused-ring (bicyclic) bond motifs is 1. The molecule has 2 rings (SSSR count). The molecule has 0 fully saturated rings. The molecule has 0 aliphatic rings. The minimum atomic E-state index is -3.63. The summed E-state index contributed by atoms with van der Waals surface area (Å²) in [4.78, 5) is 24.1. The van der Waals surface area contributed by atoms with Crippen molar-refractivity contribution in [3.8, 4) is 5.75 Å². The highest BCUT2D eigenvalue weighted by molar-refractivity contribution is 7.57. The third-order valence-electron chi connectivity index (χ3n) is 3.80. The van der Waals surface area contributed by atoms with Crippen LogP contribution in [0.1, 0.15) is 12.0 Å². The Morgan fingerprint density at radius 2 is 2.16 bits per heavy atom. The molecule has 0 saturated carbocycles. The zero-order chi connectivity index (χ0) is 18.6. The fourth-order valence-corrected chi connectivity index (χ4v) is 2.83. The lowest BCUT2D eigenvalue weighted by atomic mass is 10.1. The van der Waals surface area contributed by atoms with Crippen molar-refractivity contribution in [1.29, 1.82) is 0 Å². The number of aliphatic hydroxyl groups excluding tert-OH is 1. The number of aryl methyl sites for hydroxylation is 1. The van der Waals surface area contributed by atoms with Crippen molar-refractivity contribution >= 4 is 24.2 Å². The average molecular weight is 371 g/mol. The van der Waals surface area contributed by atoms with Crippen molar-refractivity contribution in [2.75, 3.05) is 19.9 Å². The molecule has 6 N–H and O–H groups in total. The lowest BCUT2D eigenvalue weighted by molar-refractivity contribution is -0.166. The molecule has 2 aromatic rings. The molecule has 1 heterocycles. The van der Waals surface area contributed by atoms with Crippen molar-refractivity contribution in [1.82, 2.24) is 15.4 Å². The van der Waals surface area contributed by atoms with Crippen molar-refractivity contribution in [2.45, 2.75) is 18.7 Å². The first-order chi connectivity index (χ1) is 11.7. The molecule has 10 heteroatoms. The van der Waals surface area contributed by atoms with Crippen LogP contribution in [0.4, 0.5) is 0 Å². The van der Waals surface area contributed by atoms with E-state index < -0.39 is 19.1 Å². The summed E-state index contributed by atoms with van der Waals surface area (Å²) in [6.45, 7) is 0.512. The van der Waals surface area contributed by atoms with Crippen molar-refractivity contribution in [3.63, 3.8) is 0 Å². The molecule has 0 bridgehead atoms. The maximum Gasteiger partial charge on any atom is 0.247 e. The molecular formula is C15H22N3O6P. The van der Waals surface area contributed by atoms with Crippen LogP contribution in [0.2, 0.25) is 0 Å². The molecule has 25 heavy (non-hydrogen) atoms. The first kappa shape index (κ1) is 19.4. The summed E-state index contributed by atoms with van der Waals surface area (Å²) in [5, 5.41) is 32.6. The molecule has 138 valence electrons. The number of nitrogens with one attached hydrogen (secondary N) is 2. The number of benzene rings is 1. The summed E-state index contributed by atoms with van der Waals surface area (Å²) in [5.41, 5.74) is 1.51. The van der Waals surface area contributed by atoms with Crippen LogP contribution >= 0.6 is 7.37 Å². The van der Waals surface area contributed by atoms with Crippen LogP contribution in [-0.4, -0.2) is 62.0 Å². The Bertz CT molecular complexity index is 787. The molecule has 2 atom stereocenters. The number of rotatable bonds is 8. The van der Waals surface area contributed by atoms with E-state index in [2.05, 4.69) is 10.3 Å². The van der Waals surface area contributed by atoms with E-state index in [1.807, 2.05) is 6.07 Å². The highest BCUT2D eigenvalue weighted by Gasteiger charge is 2.22. The minimum absolute atomic E-state index is 0.00823. The minimum Gasteiger partial charge on any atom is -0.507 e. The molecule has 1 aromatic heterocycles. The second-order valence-electron chi connectivity index (χ2n) is 5.84. The first-order valence-electron chi connectivity index (χ1n) is 7.66. The van der Waals surface area contributed by atoms with E-state index in [4.69, 9.17) is 4.89 Å². The van der Waals surface area contributed by atoms with Crippen LogP contribution in [0.5, 0.6) is 5.75 Å². The summed E-state index contributed by atoms with van der Waals surface area (Å²) in [6.07, 6.45) is 2.03. The maximum atomic E-state index is 11.9. The largest absolute Gasteiger partial charge is 0.507 e. The summed E-state index contributed by atoms with van der Waals surface area (Å²) in [7, 11) is -3.63. The summed E-state index contributed by atoms with van der Waals surface area (Å²) in [6, 6.07) is 5.07. The summed E-state index contributed by atoms with van der Waals surface area (Å²) in [5.74, 6) is -1.91. The Balaban J connectivity index is 1.84. The van der Waals surface area contributed by atoms with Gasteiger partial charge in [-0.15, -0.1) is 0 Å². The van der Waals surface area contributed by atoms with Crippen molar-refractivity contribution in [2.24, 2.45) is 0 Å². The maximum absolute atomic E-state index is 11.9. The van der Waals surface area contributed by atoms with Crippen LogP contribution in [0, 0.1) is 0 Å². The van der Waals surface area contributed by atoms with Gasteiger partial charge in [0, 0.05) is 36.7 Å². The lowest BCUT2D eigenvalue weighted by Gasteiger charge is -2.18. The number of aromatic hydroxyl groups is 1. The third kappa shape index (κ3) is 5.04. The Morgan fingerprint density at radius 1 is 1.44 bits per heavy atom. The van der Waals surface area contributed by atoms with E-state index in [9.17, 15) is 24.8 Å². The van der Waals surface area contributed by atoms with Gasteiger partial charge in [0.15, 0.2) is 0 Å². The van der Waals surface area contributed by atoms with Gasteiger partial charge in [-0.25, -0.2) is 5.06 Å². The Hall–Kier alpha value is -1.90. The number of H-pyrrole nitrogens is 1. The molecule has 0 radical (unpaired) electrons. The zero-order valence-electron chi connectivity index (χ0n) is 13.7. The van der Waals surface area contributed by atoms with Crippen molar-refractivity contribution < 1.29 is 29.7 Å². The molecule has 0 spiro atoms. The molecule has 1 amide bonds. The second-order valence-corrected chi connectivity index (χ2v) is 8.33. The van der Waals surface area contributed by atoms with Crippen molar-refractivity contribution in [3.05, 3.63) is 30.0 Å². The highest BCUT2D eigenvalue weighted by Crippen LogP contribution is 2.39. The molecular weight excluding hydrogens is 349 g/mol. The van der Waals surface area contributed by atoms with Gasteiger partial charge in [-0.3, -0.25) is 19.9 Å². The number of nitrogens with zero attached hydrogens (tertiary/aromatic N) is 1. The Morgan fingerprint density at radius 3 is 2.84 bits per heavy atom.